The first-order chi connectivity index (χ1) is 13.3. The van der Waals surface area contributed by atoms with Crippen LogP contribution < -0.4 is 4.74 Å². The summed E-state index contributed by atoms with van der Waals surface area (Å²) in [5.41, 5.74) is 1.08. The van der Waals surface area contributed by atoms with Crippen LogP contribution in [0.25, 0.3) is 0 Å². The maximum atomic E-state index is 6.45. The molecule has 0 radical (unpaired) electrons. The lowest BCUT2D eigenvalue weighted by Gasteiger charge is -2.46. The molecule has 3 rings (SSSR count). The van der Waals surface area contributed by atoms with Crippen LogP contribution in [0.15, 0.2) is 43.0 Å². The predicted octanol–water partition coefficient (Wildman–Crippen LogP) is 4.85. The fourth-order valence-corrected chi connectivity index (χ4v) is 3.56. The number of imidazole rings is 1. The number of benzene rings is 1. The standard InChI is InChI=1S/C23H34N2O3/c1-6-22(7-2)16-26-23(27-17-22,15-25-13-12-24-18-25)14-19-8-10-20(11-9-19)28-21(3,4)5/h8-13,18H,6-7,14-17H2,1-5H3. The van der Waals surface area contributed by atoms with Crippen LogP contribution in [0.5, 0.6) is 5.75 Å². The van der Waals surface area contributed by atoms with Crippen LogP contribution in [0.2, 0.25) is 0 Å². The van der Waals surface area contributed by atoms with Crippen molar-refractivity contribution in [1.29, 1.82) is 0 Å². The molecule has 2 aromatic rings. The first-order valence-corrected chi connectivity index (χ1v) is 10.3. The molecule has 0 N–H and O–H groups in total. The van der Waals surface area contributed by atoms with Crippen molar-refractivity contribution in [3.63, 3.8) is 0 Å². The Morgan fingerprint density at radius 1 is 1.07 bits per heavy atom. The summed E-state index contributed by atoms with van der Waals surface area (Å²) >= 11 is 0. The van der Waals surface area contributed by atoms with Gasteiger partial charge in [0.1, 0.15) is 11.4 Å². The highest BCUT2D eigenvalue weighted by atomic mass is 16.7. The SMILES string of the molecule is CCC1(CC)COC(Cc2ccc(OC(C)(C)C)cc2)(Cn2ccnc2)OC1. The highest BCUT2D eigenvalue weighted by Crippen LogP contribution is 2.38. The van der Waals surface area contributed by atoms with Gasteiger partial charge >= 0.3 is 0 Å². The van der Waals surface area contributed by atoms with E-state index in [1.807, 2.05) is 29.2 Å². The second kappa shape index (κ2) is 8.26. The molecule has 0 aliphatic carbocycles. The van der Waals surface area contributed by atoms with Gasteiger partial charge in [-0.05, 0) is 51.3 Å². The van der Waals surface area contributed by atoms with Crippen LogP contribution in [0, 0.1) is 5.41 Å². The van der Waals surface area contributed by atoms with Crippen molar-refractivity contribution in [2.45, 2.75) is 71.8 Å². The van der Waals surface area contributed by atoms with E-state index in [0.717, 1.165) is 31.8 Å². The number of ether oxygens (including phenoxy) is 3. The molecule has 0 amide bonds. The number of nitrogens with zero attached hydrogens (tertiary/aromatic N) is 2. The van der Waals surface area contributed by atoms with Gasteiger partial charge < -0.3 is 18.8 Å². The molecule has 1 aliphatic rings. The zero-order valence-corrected chi connectivity index (χ0v) is 17.9. The highest BCUT2D eigenvalue weighted by Gasteiger charge is 2.43. The van der Waals surface area contributed by atoms with Crippen molar-refractivity contribution in [2.24, 2.45) is 5.41 Å². The number of aromatic nitrogens is 2. The molecule has 0 unspecified atom stereocenters. The minimum Gasteiger partial charge on any atom is -0.488 e. The maximum Gasteiger partial charge on any atom is 0.190 e. The molecule has 0 bridgehead atoms. The summed E-state index contributed by atoms with van der Waals surface area (Å²) in [6, 6.07) is 8.25. The molecule has 1 fully saturated rings. The smallest absolute Gasteiger partial charge is 0.190 e. The minimum absolute atomic E-state index is 0.114. The fraction of sp³-hybridized carbons (Fsp3) is 0.609. The molecule has 5 nitrogen and oxygen atoms in total. The van der Waals surface area contributed by atoms with E-state index in [9.17, 15) is 0 Å². The summed E-state index contributed by atoms with van der Waals surface area (Å²) in [6.45, 7) is 12.7. The van der Waals surface area contributed by atoms with E-state index in [1.165, 1.54) is 5.56 Å². The summed E-state index contributed by atoms with van der Waals surface area (Å²) in [6.07, 6.45) is 8.36. The Morgan fingerprint density at radius 2 is 1.71 bits per heavy atom. The van der Waals surface area contributed by atoms with E-state index in [2.05, 4.69) is 51.7 Å². The molecule has 0 spiro atoms. The summed E-state index contributed by atoms with van der Waals surface area (Å²) < 4.78 is 20.9. The molecular formula is C23H34N2O3. The molecule has 154 valence electrons. The highest BCUT2D eigenvalue weighted by molar-refractivity contribution is 5.28. The van der Waals surface area contributed by atoms with Crippen LogP contribution in [0.3, 0.4) is 0 Å². The van der Waals surface area contributed by atoms with Crippen molar-refractivity contribution in [2.75, 3.05) is 13.2 Å². The lowest BCUT2D eigenvalue weighted by atomic mass is 9.83. The third kappa shape index (κ3) is 5.15. The summed E-state index contributed by atoms with van der Waals surface area (Å²) in [5.74, 6) is 0.197. The van der Waals surface area contributed by atoms with Crippen LogP contribution in [0.1, 0.15) is 53.0 Å². The van der Waals surface area contributed by atoms with Crippen molar-refractivity contribution < 1.29 is 14.2 Å². The average molecular weight is 387 g/mol. The molecule has 1 saturated heterocycles. The van der Waals surface area contributed by atoms with E-state index >= 15 is 0 Å². The van der Waals surface area contributed by atoms with Crippen molar-refractivity contribution in [1.82, 2.24) is 9.55 Å². The van der Waals surface area contributed by atoms with Gasteiger partial charge in [-0.2, -0.15) is 0 Å². The molecule has 0 atom stereocenters. The van der Waals surface area contributed by atoms with Crippen LogP contribution in [0.4, 0.5) is 0 Å². The molecule has 1 aliphatic heterocycles. The van der Waals surface area contributed by atoms with Gasteiger partial charge in [0.25, 0.3) is 0 Å². The van der Waals surface area contributed by atoms with Crippen LogP contribution in [-0.4, -0.2) is 34.2 Å². The molecule has 0 saturated carbocycles. The van der Waals surface area contributed by atoms with Gasteiger partial charge in [0.2, 0.25) is 0 Å². The number of hydrogen-bond acceptors (Lipinski definition) is 4. The van der Waals surface area contributed by atoms with E-state index in [4.69, 9.17) is 14.2 Å². The molecule has 5 heteroatoms. The third-order valence-corrected chi connectivity index (χ3v) is 5.59. The molecule has 2 heterocycles. The molecular weight excluding hydrogens is 352 g/mol. The monoisotopic (exact) mass is 386 g/mol. The Kier molecular flexibility index (Phi) is 6.15. The van der Waals surface area contributed by atoms with Crippen molar-refractivity contribution in [3.05, 3.63) is 48.5 Å². The summed E-state index contributed by atoms with van der Waals surface area (Å²) in [7, 11) is 0. The molecule has 28 heavy (non-hydrogen) atoms. The lowest BCUT2D eigenvalue weighted by Crippen LogP contribution is -2.52. The Hall–Kier alpha value is -1.85. The summed E-state index contributed by atoms with van der Waals surface area (Å²) in [4.78, 5) is 4.17. The Morgan fingerprint density at radius 3 is 2.21 bits per heavy atom. The van der Waals surface area contributed by atoms with Gasteiger partial charge in [-0.15, -0.1) is 0 Å². The topological polar surface area (TPSA) is 45.5 Å². The van der Waals surface area contributed by atoms with Crippen molar-refractivity contribution in [3.8, 4) is 5.75 Å². The zero-order valence-electron chi connectivity index (χ0n) is 17.9. The predicted molar refractivity (Wildman–Crippen MR) is 110 cm³/mol. The Balaban J connectivity index is 1.76. The second-order valence-corrected chi connectivity index (χ2v) is 8.97. The first-order valence-electron chi connectivity index (χ1n) is 10.3. The minimum atomic E-state index is -0.680. The van der Waals surface area contributed by atoms with Gasteiger partial charge in [0, 0.05) is 24.2 Å². The van der Waals surface area contributed by atoms with Gasteiger partial charge in [0.15, 0.2) is 5.79 Å². The van der Waals surface area contributed by atoms with E-state index in [0.29, 0.717) is 13.0 Å². The van der Waals surface area contributed by atoms with E-state index in [-0.39, 0.29) is 11.0 Å². The van der Waals surface area contributed by atoms with Gasteiger partial charge in [-0.25, -0.2) is 4.98 Å². The third-order valence-electron chi connectivity index (χ3n) is 5.59. The fourth-order valence-electron chi connectivity index (χ4n) is 3.56. The Labute approximate surface area is 169 Å². The maximum absolute atomic E-state index is 6.45. The molecule has 1 aromatic heterocycles. The Bertz CT molecular complexity index is 718. The molecule has 1 aromatic carbocycles. The zero-order chi connectivity index (χ0) is 20.3. The summed E-state index contributed by atoms with van der Waals surface area (Å²) in [5, 5.41) is 0. The van der Waals surface area contributed by atoms with Crippen LogP contribution in [-0.2, 0) is 22.4 Å². The lowest BCUT2D eigenvalue weighted by molar-refractivity contribution is -0.310. The average Bonchev–Trinajstić information content (AvgIpc) is 3.16. The first kappa shape index (κ1) is 20.9. The van der Waals surface area contributed by atoms with Gasteiger partial charge in [-0.3, -0.25) is 0 Å². The van der Waals surface area contributed by atoms with E-state index in [1.54, 1.807) is 6.20 Å². The van der Waals surface area contributed by atoms with Gasteiger partial charge in [0.05, 0.1) is 26.1 Å². The number of hydrogen-bond donors (Lipinski definition) is 0. The largest absolute Gasteiger partial charge is 0.488 e. The number of rotatable bonds is 7. The normalized spacial score (nSPS) is 18.8. The van der Waals surface area contributed by atoms with Gasteiger partial charge in [-0.1, -0.05) is 26.0 Å². The van der Waals surface area contributed by atoms with Crippen LogP contribution >= 0.6 is 0 Å². The van der Waals surface area contributed by atoms with Crippen molar-refractivity contribution >= 4 is 0 Å². The van der Waals surface area contributed by atoms with E-state index < -0.39 is 5.79 Å². The quantitative estimate of drug-likeness (QED) is 0.682. The second-order valence-electron chi connectivity index (χ2n) is 8.97.